The van der Waals surface area contributed by atoms with E-state index in [4.69, 9.17) is 0 Å². The number of methoxy groups -OCH3 is 1. The number of aryl methyl sites for hydroxylation is 1. The van der Waals surface area contributed by atoms with Crippen molar-refractivity contribution in [3.8, 4) is 0 Å². The number of thioether (sulfide) groups is 1. The van der Waals surface area contributed by atoms with Gasteiger partial charge in [-0.3, -0.25) is 4.79 Å². The van der Waals surface area contributed by atoms with E-state index in [-0.39, 0.29) is 24.0 Å². The van der Waals surface area contributed by atoms with Crippen LogP contribution >= 0.6 is 23.1 Å². The van der Waals surface area contributed by atoms with Gasteiger partial charge in [0.15, 0.2) is 5.13 Å². The van der Waals surface area contributed by atoms with Gasteiger partial charge in [0.2, 0.25) is 5.91 Å². The van der Waals surface area contributed by atoms with E-state index in [1.807, 2.05) is 11.8 Å². The zero-order valence-corrected chi connectivity index (χ0v) is 16.3. The van der Waals surface area contributed by atoms with Crippen molar-refractivity contribution in [2.75, 3.05) is 18.2 Å². The van der Waals surface area contributed by atoms with Crippen molar-refractivity contribution < 1.29 is 19.1 Å². The number of anilines is 1. The summed E-state index contributed by atoms with van der Waals surface area (Å²) in [5.41, 5.74) is 0.553. The Bertz CT molecular complexity index is 708. The SMILES string of the molecule is COC(=O)c1sc(NC(=O)CCCC[C@@H]2SC[C@H]3NC(=O)N[C@H]23)nc1C. The Hall–Kier alpha value is -1.81. The third-order valence-electron chi connectivity index (χ3n) is 4.49. The lowest BCUT2D eigenvalue weighted by Crippen LogP contribution is -2.36. The van der Waals surface area contributed by atoms with E-state index in [1.54, 1.807) is 6.92 Å². The molecule has 0 spiro atoms. The molecule has 142 valence electrons. The second-order valence-corrected chi connectivity index (χ2v) is 8.61. The summed E-state index contributed by atoms with van der Waals surface area (Å²) in [4.78, 5) is 39.6. The number of ether oxygens (including phenoxy) is 1. The summed E-state index contributed by atoms with van der Waals surface area (Å²) in [6, 6.07) is 0.365. The number of amides is 3. The maximum atomic E-state index is 12.1. The molecule has 8 nitrogen and oxygen atoms in total. The van der Waals surface area contributed by atoms with Gasteiger partial charge in [-0.05, 0) is 19.8 Å². The number of thiazole rings is 1. The summed E-state index contributed by atoms with van der Waals surface area (Å²) in [5.74, 6) is 0.393. The minimum atomic E-state index is -0.443. The first-order valence-electron chi connectivity index (χ1n) is 8.52. The lowest BCUT2D eigenvalue weighted by molar-refractivity contribution is -0.116. The fourth-order valence-corrected chi connectivity index (χ4v) is 5.63. The smallest absolute Gasteiger partial charge is 0.350 e. The predicted octanol–water partition coefficient (Wildman–Crippen LogP) is 1.90. The molecule has 3 N–H and O–H groups in total. The van der Waals surface area contributed by atoms with Crippen molar-refractivity contribution >= 4 is 46.1 Å². The quantitative estimate of drug-likeness (QED) is 0.368. The van der Waals surface area contributed by atoms with Crippen LogP contribution in [0.2, 0.25) is 0 Å². The Balaban J connectivity index is 1.38. The molecular weight excluding hydrogens is 376 g/mol. The normalized spacial score (nSPS) is 23.9. The fourth-order valence-electron chi connectivity index (χ4n) is 3.19. The Morgan fingerprint density at radius 1 is 1.35 bits per heavy atom. The van der Waals surface area contributed by atoms with E-state index >= 15 is 0 Å². The molecular formula is C16H22N4O4S2. The first kappa shape index (κ1) is 19.0. The van der Waals surface area contributed by atoms with E-state index in [0.29, 0.717) is 27.4 Å². The van der Waals surface area contributed by atoms with Crippen molar-refractivity contribution in [3.63, 3.8) is 0 Å². The second kappa shape index (κ2) is 8.26. The molecule has 3 heterocycles. The van der Waals surface area contributed by atoms with Crippen molar-refractivity contribution in [3.05, 3.63) is 10.6 Å². The highest BCUT2D eigenvalue weighted by atomic mass is 32.2. The Morgan fingerprint density at radius 3 is 2.92 bits per heavy atom. The number of urea groups is 1. The summed E-state index contributed by atoms with van der Waals surface area (Å²) >= 11 is 3.00. The topological polar surface area (TPSA) is 109 Å². The maximum absolute atomic E-state index is 12.1. The minimum absolute atomic E-state index is 0.0743. The Morgan fingerprint density at radius 2 is 2.15 bits per heavy atom. The van der Waals surface area contributed by atoms with Gasteiger partial charge in [-0.2, -0.15) is 11.8 Å². The van der Waals surface area contributed by atoms with Gasteiger partial charge in [-0.1, -0.05) is 17.8 Å². The molecule has 3 amide bonds. The first-order valence-corrected chi connectivity index (χ1v) is 10.4. The molecule has 0 aliphatic carbocycles. The van der Waals surface area contributed by atoms with Crippen LogP contribution in [0.4, 0.5) is 9.93 Å². The lowest BCUT2D eigenvalue weighted by atomic mass is 10.0. The van der Waals surface area contributed by atoms with Gasteiger partial charge in [0, 0.05) is 17.4 Å². The first-order chi connectivity index (χ1) is 12.5. The summed E-state index contributed by atoms with van der Waals surface area (Å²) in [6.45, 7) is 1.71. The zero-order valence-electron chi connectivity index (χ0n) is 14.7. The van der Waals surface area contributed by atoms with E-state index in [9.17, 15) is 14.4 Å². The number of nitrogens with one attached hydrogen (secondary N) is 3. The van der Waals surface area contributed by atoms with Crippen LogP contribution in [0.25, 0.3) is 0 Å². The summed E-state index contributed by atoms with van der Waals surface area (Å²) < 4.78 is 4.69. The Labute approximate surface area is 159 Å². The monoisotopic (exact) mass is 398 g/mol. The Kier molecular flexibility index (Phi) is 6.02. The summed E-state index contributed by atoms with van der Waals surface area (Å²) in [5, 5.41) is 9.47. The molecule has 26 heavy (non-hydrogen) atoms. The van der Waals surface area contributed by atoms with E-state index in [2.05, 4.69) is 25.7 Å². The molecule has 0 aromatic carbocycles. The molecule has 3 atom stereocenters. The fraction of sp³-hybridized carbons (Fsp3) is 0.625. The number of unbranched alkanes of at least 4 members (excludes halogenated alkanes) is 1. The van der Waals surface area contributed by atoms with Crippen LogP contribution in [0.5, 0.6) is 0 Å². The average Bonchev–Trinajstić information content (AvgIpc) is 3.25. The molecule has 0 bridgehead atoms. The zero-order chi connectivity index (χ0) is 18.7. The number of hydrogen-bond donors (Lipinski definition) is 3. The number of nitrogens with zero attached hydrogens (tertiary/aromatic N) is 1. The molecule has 2 aliphatic heterocycles. The lowest BCUT2D eigenvalue weighted by Gasteiger charge is -2.16. The van der Waals surface area contributed by atoms with Gasteiger partial charge >= 0.3 is 12.0 Å². The largest absolute Gasteiger partial charge is 0.465 e. The van der Waals surface area contributed by atoms with Gasteiger partial charge in [-0.15, -0.1) is 0 Å². The predicted molar refractivity (Wildman–Crippen MR) is 101 cm³/mol. The van der Waals surface area contributed by atoms with Crippen LogP contribution in [0, 0.1) is 6.92 Å². The number of hydrogen-bond acceptors (Lipinski definition) is 7. The highest BCUT2D eigenvalue weighted by Gasteiger charge is 2.42. The molecule has 1 aromatic rings. The third-order valence-corrected chi connectivity index (χ3v) is 7.06. The van der Waals surface area contributed by atoms with Crippen molar-refractivity contribution in [1.82, 2.24) is 15.6 Å². The summed E-state index contributed by atoms with van der Waals surface area (Å²) in [6.07, 6.45) is 3.08. The summed E-state index contributed by atoms with van der Waals surface area (Å²) in [7, 11) is 1.32. The van der Waals surface area contributed by atoms with Gasteiger partial charge in [0.1, 0.15) is 4.88 Å². The molecule has 0 radical (unpaired) electrons. The molecule has 2 aliphatic rings. The highest BCUT2D eigenvalue weighted by molar-refractivity contribution is 8.00. The number of carbonyl (C=O) groups is 3. The van der Waals surface area contributed by atoms with Crippen LogP contribution in [-0.4, -0.2) is 53.1 Å². The van der Waals surface area contributed by atoms with Crippen molar-refractivity contribution in [2.45, 2.75) is 49.9 Å². The van der Waals surface area contributed by atoms with E-state index in [0.717, 1.165) is 36.4 Å². The highest BCUT2D eigenvalue weighted by Crippen LogP contribution is 2.33. The standard InChI is InChI=1S/C16H22N4O4S2/c1-8-13(14(22)24-2)26-16(17-8)19-11(21)6-4-3-5-10-12-9(7-25-10)18-15(23)20-12/h9-10,12H,3-7H2,1-2H3,(H,17,19,21)(H2,18,20,23)/t9-,10+,12+/m1/s1. The van der Waals surface area contributed by atoms with Crippen molar-refractivity contribution in [1.29, 1.82) is 0 Å². The average molecular weight is 399 g/mol. The number of fused-ring (bicyclic) bond motifs is 1. The van der Waals surface area contributed by atoms with Gasteiger partial charge < -0.3 is 20.7 Å². The van der Waals surface area contributed by atoms with Crippen LogP contribution in [-0.2, 0) is 9.53 Å². The maximum Gasteiger partial charge on any atom is 0.350 e. The number of rotatable bonds is 7. The second-order valence-electron chi connectivity index (χ2n) is 6.34. The van der Waals surface area contributed by atoms with Gasteiger partial charge in [0.25, 0.3) is 0 Å². The number of carbonyl (C=O) groups excluding carboxylic acids is 3. The molecule has 0 unspecified atom stereocenters. The van der Waals surface area contributed by atoms with Gasteiger partial charge in [-0.25, -0.2) is 14.6 Å². The van der Waals surface area contributed by atoms with E-state index in [1.165, 1.54) is 7.11 Å². The van der Waals surface area contributed by atoms with Crippen LogP contribution in [0.3, 0.4) is 0 Å². The number of esters is 1. The van der Waals surface area contributed by atoms with Crippen LogP contribution < -0.4 is 16.0 Å². The van der Waals surface area contributed by atoms with Crippen LogP contribution in [0.15, 0.2) is 0 Å². The molecule has 2 saturated heterocycles. The molecule has 1 aromatic heterocycles. The molecule has 3 rings (SSSR count). The third kappa shape index (κ3) is 4.29. The van der Waals surface area contributed by atoms with Crippen LogP contribution in [0.1, 0.15) is 41.0 Å². The molecule has 2 fully saturated rings. The van der Waals surface area contributed by atoms with E-state index < -0.39 is 5.97 Å². The molecule has 10 heteroatoms. The van der Waals surface area contributed by atoms with Crippen molar-refractivity contribution in [2.24, 2.45) is 0 Å². The number of aromatic nitrogens is 1. The van der Waals surface area contributed by atoms with Gasteiger partial charge in [0.05, 0.1) is 24.9 Å². The minimum Gasteiger partial charge on any atom is -0.465 e. The molecule has 0 saturated carbocycles.